The van der Waals surface area contributed by atoms with Crippen molar-refractivity contribution < 1.29 is 9.18 Å². The van der Waals surface area contributed by atoms with E-state index in [1.807, 2.05) is 22.6 Å². The minimum atomic E-state index is -0.389. The van der Waals surface area contributed by atoms with E-state index in [1.54, 1.807) is 6.07 Å². The Morgan fingerprint density at radius 3 is 2.72 bits per heavy atom. The van der Waals surface area contributed by atoms with E-state index in [9.17, 15) is 9.18 Å². The van der Waals surface area contributed by atoms with Crippen LogP contribution in [0.5, 0.6) is 0 Å². The van der Waals surface area contributed by atoms with Gasteiger partial charge in [-0.25, -0.2) is 4.39 Å². The summed E-state index contributed by atoms with van der Waals surface area (Å²) in [6.45, 7) is 4.30. The first-order valence-electron chi connectivity index (χ1n) is 5.59. The van der Waals surface area contributed by atoms with Gasteiger partial charge in [0, 0.05) is 16.7 Å². The Labute approximate surface area is 126 Å². The Kier molecular flexibility index (Phi) is 9.31. The van der Waals surface area contributed by atoms with Crippen molar-refractivity contribution in [2.75, 3.05) is 19.6 Å². The predicted molar refractivity (Wildman–Crippen MR) is 81.9 cm³/mol. The Morgan fingerprint density at radius 1 is 1.33 bits per heavy atom. The number of benzene rings is 1. The number of nitrogens with one attached hydrogen (secondary N) is 2. The lowest BCUT2D eigenvalue weighted by molar-refractivity contribution is 0.0952. The average molecular weight is 387 g/mol. The highest BCUT2D eigenvalue weighted by Gasteiger charge is 2.09. The molecule has 0 aliphatic rings. The van der Waals surface area contributed by atoms with Gasteiger partial charge in [-0.1, -0.05) is 6.92 Å². The average Bonchev–Trinajstić information content (AvgIpc) is 2.32. The van der Waals surface area contributed by atoms with Gasteiger partial charge >= 0.3 is 0 Å². The summed E-state index contributed by atoms with van der Waals surface area (Å²) in [5.41, 5.74) is 0.390. The van der Waals surface area contributed by atoms with E-state index in [0.29, 0.717) is 12.1 Å². The van der Waals surface area contributed by atoms with Crippen molar-refractivity contribution in [3.8, 4) is 0 Å². The zero-order valence-electron chi connectivity index (χ0n) is 10.1. The third kappa shape index (κ3) is 5.97. The van der Waals surface area contributed by atoms with Crippen molar-refractivity contribution in [2.24, 2.45) is 0 Å². The molecule has 0 atom stereocenters. The van der Waals surface area contributed by atoms with Crippen molar-refractivity contribution in [2.45, 2.75) is 13.3 Å². The van der Waals surface area contributed by atoms with Crippen molar-refractivity contribution in [1.29, 1.82) is 0 Å². The minimum absolute atomic E-state index is 0. The minimum Gasteiger partial charge on any atom is -0.351 e. The van der Waals surface area contributed by atoms with Gasteiger partial charge in [-0.15, -0.1) is 12.4 Å². The molecule has 1 aromatic rings. The molecule has 0 aliphatic heterocycles. The molecular weight excluding hydrogens is 370 g/mol. The fourth-order valence-corrected chi connectivity index (χ4v) is 1.91. The highest BCUT2D eigenvalue weighted by atomic mass is 127. The van der Waals surface area contributed by atoms with Gasteiger partial charge in [-0.2, -0.15) is 0 Å². The van der Waals surface area contributed by atoms with E-state index >= 15 is 0 Å². The molecule has 6 heteroatoms. The molecule has 3 nitrogen and oxygen atoms in total. The summed E-state index contributed by atoms with van der Waals surface area (Å²) in [6.07, 6.45) is 1.07. The van der Waals surface area contributed by atoms with Gasteiger partial charge in [0.15, 0.2) is 0 Å². The van der Waals surface area contributed by atoms with Gasteiger partial charge in [0.05, 0.1) is 5.56 Å². The van der Waals surface area contributed by atoms with E-state index < -0.39 is 0 Å². The van der Waals surface area contributed by atoms with Crippen LogP contribution in [0.3, 0.4) is 0 Å². The van der Waals surface area contributed by atoms with Crippen LogP contribution in [0.25, 0.3) is 0 Å². The first kappa shape index (κ1) is 17.6. The molecule has 0 unspecified atom stereocenters. The summed E-state index contributed by atoms with van der Waals surface area (Å²) in [6, 6.07) is 4.21. The Balaban J connectivity index is 0.00000289. The smallest absolute Gasteiger partial charge is 0.252 e. The lowest BCUT2D eigenvalue weighted by Crippen LogP contribution is -2.32. The van der Waals surface area contributed by atoms with Crippen LogP contribution in [0.15, 0.2) is 18.2 Å². The first-order chi connectivity index (χ1) is 8.15. The zero-order chi connectivity index (χ0) is 12.7. The maximum Gasteiger partial charge on any atom is 0.252 e. The van der Waals surface area contributed by atoms with Crippen LogP contribution in [0, 0.1) is 9.39 Å². The molecule has 0 saturated carbocycles. The van der Waals surface area contributed by atoms with E-state index in [2.05, 4.69) is 17.6 Å². The lowest BCUT2D eigenvalue weighted by atomic mass is 10.2. The second-order valence-electron chi connectivity index (χ2n) is 3.63. The molecule has 18 heavy (non-hydrogen) atoms. The molecule has 0 spiro atoms. The zero-order valence-corrected chi connectivity index (χ0v) is 13.1. The van der Waals surface area contributed by atoms with Crippen molar-refractivity contribution in [1.82, 2.24) is 10.6 Å². The maximum atomic E-state index is 13.0. The van der Waals surface area contributed by atoms with Crippen molar-refractivity contribution >= 4 is 40.9 Å². The van der Waals surface area contributed by atoms with Crippen LogP contribution in [0.4, 0.5) is 4.39 Å². The van der Waals surface area contributed by atoms with Crippen LogP contribution >= 0.6 is 35.0 Å². The number of carbonyl (C=O) groups is 1. The molecule has 0 saturated heterocycles. The molecule has 0 heterocycles. The van der Waals surface area contributed by atoms with Crippen LogP contribution in [0.1, 0.15) is 23.7 Å². The quantitative estimate of drug-likeness (QED) is 0.583. The molecular formula is C12H17ClFIN2O. The predicted octanol–water partition coefficient (Wildman–Crippen LogP) is 2.58. The molecule has 0 bridgehead atoms. The molecule has 1 amide bonds. The molecule has 2 N–H and O–H groups in total. The van der Waals surface area contributed by atoms with Gasteiger partial charge < -0.3 is 10.6 Å². The van der Waals surface area contributed by atoms with Crippen LogP contribution < -0.4 is 10.6 Å². The Hall–Kier alpha value is -0.400. The standard InChI is InChI=1S/C12H16FIN2O.ClH/c1-2-5-15-6-7-16-12(17)10-8-9(13)3-4-11(10)14;/h3-4,8,15H,2,5-7H2,1H3,(H,16,17);1H. The SMILES string of the molecule is CCCNCCNC(=O)c1cc(F)ccc1I.Cl. The molecule has 0 aliphatic carbocycles. The number of rotatable bonds is 6. The van der Waals surface area contributed by atoms with Crippen LogP contribution in [-0.4, -0.2) is 25.5 Å². The van der Waals surface area contributed by atoms with Gasteiger partial charge in [0.25, 0.3) is 5.91 Å². The summed E-state index contributed by atoms with van der Waals surface area (Å²) in [4.78, 5) is 11.7. The monoisotopic (exact) mass is 386 g/mol. The molecule has 0 aromatic heterocycles. The molecule has 0 radical (unpaired) electrons. The van der Waals surface area contributed by atoms with Gasteiger partial charge in [-0.05, 0) is 53.8 Å². The van der Waals surface area contributed by atoms with Crippen LogP contribution in [0.2, 0.25) is 0 Å². The summed E-state index contributed by atoms with van der Waals surface area (Å²) >= 11 is 2.02. The van der Waals surface area contributed by atoms with Crippen LogP contribution in [-0.2, 0) is 0 Å². The highest BCUT2D eigenvalue weighted by Crippen LogP contribution is 2.13. The Morgan fingerprint density at radius 2 is 2.06 bits per heavy atom. The second kappa shape index (κ2) is 9.52. The second-order valence-corrected chi connectivity index (χ2v) is 4.79. The van der Waals surface area contributed by atoms with Gasteiger partial charge in [0.2, 0.25) is 0 Å². The molecule has 102 valence electrons. The van der Waals surface area contributed by atoms with Crippen molar-refractivity contribution in [3.05, 3.63) is 33.1 Å². The van der Waals surface area contributed by atoms with E-state index in [0.717, 1.165) is 23.1 Å². The third-order valence-corrected chi connectivity index (χ3v) is 3.13. The largest absolute Gasteiger partial charge is 0.351 e. The van der Waals surface area contributed by atoms with E-state index in [1.165, 1.54) is 12.1 Å². The topological polar surface area (TPSA) is 41.1 Å². The normalized spacial score (nSPS) is 9.72. The van der Waals surface area contributed by atoms with E-state index in [-0.39, 0.29) is 24.1 Å². The molecule has 1 aromatic carbocycles. The third-order valence-electron chi connectivity index (χ3n) is 2.19. The number of amides is 1. The molecule has 1 rings (SSSR count). The number of hydrogen-bond acceptors (Lipinski definition) is 2. The fourth-order valence-electron chi connectivity index (χ4n) is 1.33. The van der Waals surface area contributed by atoms with Gasteiger partial charge in [0.1, 0.15) is 5.82 Å². The number of carbonyl (C=O) groups excluding carboxylic acids is 1. The number of hydrogen-bond donors (Lipinski definition) is 2. The number of halogens is 3. The highest BCUT2D eigenvalue weighted by molar-refractivity contribution is 14.1. The molecule has 0 fully saturated rings. The van der Waals surface area contributed by atoms with E-state index in [4.69, 9.17) is 0 Å². The summed E-state index contributed by atoms with van der Waals surface area (Å²) < 4.78 is 13.8. The van der Waals surface area contributed by atoms with Gasteiger partial charge in [-0.3, -0.25) is 4.79 Å². The summed E-state index contributed by atoms with van der Waals surface area (Å²) in [7, 11) is 0. The first-order valence-corrected chi connectivity index (χ1v) is 6.67. The fraction of sp³-hybridized carbons (Fsp3) is 0.417. The van der Waals surface area contributed by atoms with Crippen molar-refractivity contribution in [3.63, 3.8) is 0 Å². The maximum absolute atomic E-state index is 13.0. The summed E-state index contributed by atoms with van der Waals surface area (Å²) in [5.74, 6) is -0.619. The Bertz CT molecular complexity index is 390. The summed E-state index contributed by atoms with van der Waals surface area (Å²) in [5, 5.41) is 5.93. The lowest BCUT2D eigenvalue weighted by Gasteiger charge is -2.07.